The van der Waals surface area contributed by atoms with Crippen molar-refractivity contribution < 1.29 is 4.39 Å². The van der Waals surface area contributed by atoms with Crippen LogP contribution in [0.15, 0.2) is 24.3 Å². The van der Waals surface area contributed by atoms with Crippen LogP contribution in [-0.4, -0.2) is 18.1 Å². The second-order valence-electron chi connectivity index (χ2n) is 4.45. The van der Waals surface area contributed by atoms with Gasteiger partial charge in [0.1, 0.15) is 5.82 Å². The van der Waals surface area contributed by atoms with Crippen LogP contribution in [0.5, 0.6) is 0 Å². The van der Waals surface area contributed by atoms with Crippen molar-refractivity contribution in [2.75, 3.05) is 13.1 Å². The fourth-order valence-corrected chi connectivity index (χ4v) is 2.15. The minimum absolute atomic E-state index is 0.162. The van der Waals surface area contributed by atoms with E-state index in [0.29, 0.717) is 0 Å². The van der Waals surface area contributed by atoms with Crippen LogP contribution >= 0.6 is 0 Å². The zero-order valence-corrected chi connectivity index (χ0v) is 9.75. The summed E-state index contributed by atoms with van der Waals surface area (Å²) in [6.45, 7) is 4.27. The summed E-state index contributed by atoms with van der Waals surface area (Å²) in [5.41, 5.74) is 4.43. The molecule has 0 radical (unpaired) electrons. The molecule has 0 saturated carbocycles. The molecule has 2 rings (SSSR count). The Morgan fingerprint density at radius 1 is 1.25 bits per heavy atom. The molecule has 0 spiro atoms. The first-order valence-corrected chi connectivity index (χ1v) is 6.02. The number of benzene rings is 1. The Balaban J connectivity index is 1.94. The van der Waals surface area contributed by atoms with E-state index in [9.17, 15) is 4.39 Å². The quantitative estimate of drug-likeness (QED) is 0.846. The Bertz CT molecular complexity index is 334. The molecule has 1 aromatic rings. The maximum atomic E-state index is 13.1. The van der Waals surface area contributed by atoms with Gasteiger partial charge in [-0.1, -0.05) is 18.6 Å². The van der Waals surface area contributed by atoms with Gasteiger partial charge in [-0.15, -0.1) is 0 Å². The average Bonchev–Trinajstić information content (AvgIpc) is 2.30. The van der Waals surface area contributed by atoms with Crippen LogP contribution in [0.1, 0.15) is 37.8 Å². The molecule has 1 heterocycles. The first-order chi connectivity index (χ1) is 7.75. The zero-order valence-electron chi connectivity index (χ0n) is 9.75. The van der Waals surface area contributed by atoms with E-state index in [0.717, 1.165) is 18.7 Å². The number of nitrogens with zero attached hydrogens (tertiary/aromatic N) is 1. The van der Waals surface area contributed by atoms with Gasteiger partial charge in [0, 0.05) is 19.1 Å². The third-order valence-electron chi connectivity index (χ3n) is 3.08. The molecule has 1 aromatic carbocycles. The molecule has 2 nitrogen and oxygen atoms in total. The van der Waals surface area contributed by atoms with Crippen LogP contribution in [0.2, 0.25) is 0 Å². The van der Waals surface area contributed by atoms with Crippen molar-refractivity contribution >= 4 is 0 Å². The lowest BCUT2D eigenvalue weighted by molar-refractivity contribution is 0.133. The summed E-state index contributed by atoms with van der Waals surface area (Å²) in [4.78, 5) is 0. The summed E-state index contributed by atoms with van der Waals surface area (Å²) in [6.07, 6.45) is 3.83. The molecule has 1 N–H and O–H groups in total. The Morgan fingerprint density at radius 3 is 2.69 bits per heavy atom. The Morgan fingerprint density at radius 2 is 2.00 bits per heavy atom. The maximum Gasteiger partial charge on any atom is 0.123 e. The van der Waals surface area contributed by atoms with Crippen molar-refractivity contribution in [1.29, 1.82) is 0 Å². The molecule has 1 aliphatic rings. The van der Waals surface area contributed by atoms with Crippen molar-refractivity contribution in [1.82, 2.24) is 10.4 Å². The van der Waals surface area contributed by atoms with Crippen molar-refractivity contribution in [2.45, 2.75) is 32.2 Å². The molecule has 1 atom stereocenters. The van der Waals surface area contributed by atoms with Gasteiger partial charge < -0.3 is 0 Å². The van der Waals surface area contributed by atoms with Crippen LogP contribution < -0.4 is 5.43 Å². The Hall–Kier alpha value is -0.930. The van der Waals surface area contributed by atoms with Gasteiger partial charge >= 0.3 is 0 Å². The molecule has 0 aromatic heterocycles. The minimum Gasteiger partial charge on any atom is -0.248 e. The number of halogens is 1. The third-order valence-corrected chi connectivity index (χ3v) is 3.08. The lowest BCUT2D eigenvalue weighted by Crippen LogP contribution is -2.42. The highest BCUT2D eigenvalue weighted by Crippen LogP contribution is 2.15. The fourth-order valence-electron chi connectivity index (χ4n) is 2.15. The highest BCUT2D eigenvalue weighted by atomic mass is 19.1. The highest BCUT2D eigenvalue weighted by Gasteiger charge is 2.13. The molecular formula is C13H19FN2. The number of rotatable bonds is 3. The van der Waals surface area contributed by atoms with E-state index in [4.69, 9.17) is 0 Å². The molecule has 1 aliphatic heterocycles. The van der Waals surface area contributed by atoms with E-state index in [1.165, 1.54) is 25.3 Å². The van der Waals surface area contributed by atoms with Crippen LogP contribution in [-0.2, 0) is 0 Å². The van der Waals surface area contributed by atoms with Gasteiger partial charge in [0.05, 0.1) is 0 Å². The molecule has 1 fully saturated rings. The summed E-state index contributed by atoms with van der Waals surface area (Å²) in [5, 5.41) is 2.25. The second-order valence-corrected chi connectivity index (χ2v) is 4.45. The first-order valence-electron chi connectivity index (χ1n) is 6.02. The van der Waals surface area contributed by atoms with Gasteiger partial charge in [-0.25, -0.2) is 14.8 Å². The summed E-state index contributed by atoms with van der Waals surface area (Å²) >= 11 is 0. The number of piperidine rings is 1. The molecule has 88 valence electrons. The predicted octanol–water partition coefficient (Wildman–Crippen LogP) is 2.88. The average molecular weight is 222 g/mol. The Kier molecular flexibility index (Phi) is 3.91. The summed E-state index contributed by atoms with van der Waals surface area (Å²) < 4.78 is 13.1. The standard InChI is InChI=1S/C13H19FN2/c1-11(12-6-5-7-13(14)10-12)15-16-8-3-2-4-9-16/h5-7,10-11,15H,2-4,8-9H2,1H3. The molecule has 0 bridgehead atoms. The van der Waals surface area contributed by atoms with Crippen LogP contribution in [0.3, 0.4) is 0 Å². The van der Waals surface area contributed by atoms with Gasteiger partial charge in [-0.2, -0.15) is 0 Å². The summed E-state index contributed by atoms with van der Waals surface area (Å²) in [5.74, 6) is -0.162. The van der Waals surface area contributed by atoms with Gasteiger partial charge in [0.25, 0.3) is 0 Å². The highest BCUT2D eigenvalue weighted by molar-refractivity contribution is 5.19. The van der Waals surface area contributed by atoms with Gasteiger partial charge in [0.2, 0.25) is 0 Å². The zero-order chi connectivity index (χ0) is 11.4. The van der Waals surface area contributed by atoms with Crippen molar-refractivity contribution in [3.63, 3.8) is 0 Å². The maximum absolute atomic E-state index is 13.1. The van der Waals surface area contributed by atoms with E-state index in [1.807, 2.05) is 6.07 Å². The topological polar surface area (TPSA) is 15.3 Å². The number of nitrogens with one attached hydrogen (secondary N) is 1. The van der Waals surface area contributed by atoms with E-state index in [-0.39, 0.29) is 11.9 Å². The molecule has 1 unspecified atom stereocenters. The normalized spacial score (nSPS) is 19.6. The minimum atomic E-state index is -0.162. The molecule has 1 saturated heterocycles. The van der Waals surface area contributed by atoms with E-state index < -0.39 is 0 Å². The fraction of sp³-hybridized carbons (Fsp3) is 0.538. The van der Waals surface area contributed by atoms with Gasteiger partial charge in [-0.3, -0.25) is 0 Å². The lowest BCUT2D eigenvalue weighted by Gasteiger charge is -2.30. The van der Waals surface area contributed by atoms with Crippen molar-refractivity contribution in [3.05, 3.63) is 35.6 Å². The number of hydrazine groups is 1. The van der Waals surface area contributed by atoms with Gasteiger partial charge in [0.15, 0.2) is 0 Å². The van der Waals surface area contributed by atoms with E-state index >= 15 is 0 Å². The molecule has 3 heteroatoms. The third kappa shape index (κ3) is 3.03. The van der Waals surface area contributed by atoms with Crippen molar-refractivity contribution in [2.24, 2.45) is 0 Å². The van der Waals surface area contributed by atoms with E-state index in [1.54, 1.807) is 12.1 Å². The molecule has 0 aliphatic carbocycles. The number of hydrogen-bond acceptors (Lipinski definition) is 2. The predicted molar refractivity (Wildman–Crippen MR) is 63.4 cm³/mol. The lowest BCUT2D eigenvalue weighted by atomic mass is 10.1. The molecule has 0 amide bonds. The number of hydrogen-bond donors (Lipinski definition) is 1. The van der Waals surface area contributed by atoms with E-state index in [2.05, 4.69) is 17.4 Å². The smallest absolute Gasteiger partial charge is 0.123 e. The monoisotopic (exact) mass is 222 g/mol. The summed E-state index contributed by atoms with van der Waals surface area (Å²) in [6, 6.07) is 6.98. The first kappa shape index (κ1) is 11.6. The second kappa shape index (κ2) is 5.41. The molecular weight excluding hydrogens is 203 g/mol. The largest absolute Gasteiger partial charge is 0.248 e. The summed E-state index contributed by atoms with van der Waals surface area (Å²) in [7, 11) is 0. The molecule has 16 heavy (non-hydrogen) atoms. The van der Waals surface area contributed by atoms with Crippen LogP contribution in [0, 0.1) is 5.82 Å². The van der Waals surface area contributed by atoms with Crippen LogP contribution in [0.4, 0.5) is 4.39 Å². The van der Waals surface area contributed by atoms with Gasteiger partial charge in [-0.05, 0) is 37.5 Å². The van der Waals surface area contributed by atoms with Crippen molar-refractivity contribution in [3.8, 4) is 0 Å². The SMILES string of the molecule is CC(NN1CCCCC1)c1cccc(F)c1. The Labute approximate surface area is 96.4 Å². The van der Waals surface area contributed by atoms with Crippen LogP contribution in [0.25, 0.3) is 0 Å².